The molecule has 110 valence electrons. The third-order valence-corrected chi connectivity index (χ3v) is 3.25. The van der Waals surface area contributed by atoms with Crippen LogP contribution in [0.5, 0.6) is 0 Å². The fourth-order valence-corrected chi connectivity index (χ4v) is 2.08. The lowest BCUT2D eigenvalue weighted by molar-refractivity contribution is -0.142. The minimum Gasteiger partial charge on any atom is -0.480 e. The van der Waals surface area contributed by atoms with Crippen molar-refractivity contribution in [2.75, 3.05) is 0 Å². The molecule has 0 radical (unpaired) electrons. The molecule has 0 saturated carbocycles. The summed E-state index contributed by atoms with van der Waals surface area (Å²) < 4.78 is 0. The van der Waals surface area contributed by atoms with Gasteiger partial charge in [-0.25, -0.2) is 4.79 Å². The summed E-state index contributed by atoms with van der Waals surface area (Å²) in [6, 6.07) is 7.80. The van der Waals surface area contributed by atoms with E-state index in [1.807, 2.05) is 6.07 Å². The first-order valence-electron chi connectivity index (χ1n) is 6.67. The van der Waals surface area contributed by atoms with E-state index in [9.17, 15) is 14.7 Å². The monoisotopic (exact) mass is 286 g/mol. The number of carbonyl (C=O) groups is 2. The van der Waals surface area contributed by atoms with Crippen LogP contribution in [0.2, 0.25) is 0 Å². The predicted molar refractivity (Wildman–Crippen MR) is 80.1 cm³/mol. The van der Waals surface area contributed by atoms with Gasteiger partial charge in [0.25, 0.3) is 5.91 Å². The van der Waals surface area contributed by atoms with Gasteiger partial charge in [0.05, 0.1) is 5.52 Å². The number of carboxylic acids is 1. The molecule has 0 bridgehead atoms. The maximum Gasteiger partial charge on any atom is 0.326 e. The number of amides is 1. The van der Waals surface area contributed by atoms with Gasteiger partial charge >= 0.3 is 5.97 Å². The molecule has 5 heteroatoms. The molecule has 0 saturated heterocycles. The van der Waals surface area contributed by atoms with Crippen LogP contribution in [0.1, 0.15) is 31.1 Å². The van der Waals surface area contributed by atoms with Crippen molar-refractivity contribution in [1.82, 2.24) is 10.3 Å². The highest BCUT2D eigenvalue weighted by Gasteiger charge is 2.32. The summed E-state index contributed by atoms with van der Waals surface area (Å²) >= 11 is 0. The molecule has 0 fully saturated rings. The number of carboxylic acid groups (broad SMARTS) is 1. The maximum absolute atomic E-state index is 12.3. The number of nitrogens with zero attached hydrogens (tertiary/aromatic N) is 1. The second-order valence-electron chi connectivity index (χ2n) is 6.02. The quantitative estimate of drug-likeness (QED) is 0.908. The minimum absolute atomic E-state index is 0.400. The van der Waals surface area contributed by atoms with E-state index in [0.29, 0.717) is 5.56 Å². The first kappa shape index (κ1) is 15.0. The topological polar surface area (TPSA) is 79.3 Å². The van der Waals surface area contributed by atoms with Crippen LogP contribution in [-0.2, 0) is 4.79 Å². The summed E-state index contributed by atoms with van der Waals surface area (Å²) in [5.41, 5.74) is 0.644. The van der Waals surface area contributed by atoms with Crippen LogP contribution in [0.15, 0.2) is 36.5 Å². The zero-order chi connectivity index (χ0) is 15.6. The highest BCUT2D eigenvalue weighted by molar-refractivity contribution is 5.99. The Morgan fingerprint density at radius 3 is 2.57 bits per heavy atom. The largest absolute Gasteiger partial charge is 0.480 e. The van der Waals surface area contributed by atoms with Crippen LogP contribution < -0.4 is 5.32 Å². The van der Waals surface area contributed by atoms with Crippen LogP contribution in [0.3, 0.4) is 0 Å². The second kappa shape index (κ2) is 5.52. The molecule has 1 heterocycles. The highest BCUT2D eigenvalue weighted by atomic mass is 16.4. The minimum atomic E-state index is -1.04. The Balaban J connectivity index is 2.27. The molecule has 2 N–H and O–H groups in total. The lowest BCUT2D eigenvalue weighted by atomic mass is 9.86. The molecule has 1 atom stereocenters. The van der Waals surface area contributed by atoms with Gasteiger partial charge < -0.3 is 10.4 Å². The summed E-state index contributed by atoms with van der Waals surface area (Å²) in [5, 5.41) is 12.7. The molecule has 21 heavy (non-hydrogen) atoms. The molecule has 2 aromatic rings. The number of pyridine rings is 1. The zero-order valence-corrected chi connectivity index (χ0v) is 12.3. The van der Waals surface area contributed by atoms with Gasteiger partial charge in [-0.15, -0.1) is 0 Å². The normalized spacial score (nSPS) is 12.9. The molecule has 0 aliphatic carbocycles. The first-order chi connectivity index (χ1) is 9.79. The molecule has 5 nitrogen and oxygen atoms in total. The van der Waals surface area contributed by atoms with E-state index >= 15 is 0 Å². The Hall–Kier alpha value is -2.43. The molecule has 0 aliphatic rings. The lowest BCUT2D eigenvalue weighted by Gasteiger charge is -2.27. The second-order valence-corrected chi connectivity index (χ2v) is 6.02. The van der Waals surface area contributed by atoms with Crippen LogP contribution >= 0.6 is 0 Å². The number of carbonyl (C=O) groups excluding carboxylic acids is 1. The summed E-state index contributed by atoms with van der Waals surface area (Å²) in [6.07, 6.45) is 1.68. The number of nitrogens with one attached hydrogen (secondary N) is 1. The number of benzene rings is 1. The van der Waals surface area contributed by atoms with Crippen LogP contribution in [0.4, 0.5) is 0 Å². The molecule has 1 unspecified atom stereocenters. The molecule has 1 amide bonds. The van der Waals surface area contributed by atoms with Crippen LogP contribution in [-0.4, -0.2) is 28.0 Å². The van der Waals surface area contributed by atoms with E-state index in [0.717, 1.165) is 10.9 Å². The Labute approximate surface area is 123 Å². The van der Waals surface area contributed by atoms with E-state index in [-0.39, 0.29) is 0 Å². The van der Waals surface area contributed by atoms with Crippen molar-refractivity contribution in [1.29, 1.82) is 0 Å². The third kappa shape index (κ3) is 3.37. The molecule has 1 aromatic carbocycles. The van der Waals surface area contributed by atoms with Crippen molar-refractivity contribution in [3.63, 3.8) is 0 Å². The van der Waals surface area contributed by atoms with Crippen LogP contribution in [0.25, 0.3) is 10.9 Å². The number of hydrogen-bond acceptors (Lipinski definition) is 3. The summed E-state index contributed by atoms with van der Waals surface area (Å²) in [7, 11) is 0. The summed E-state index contributed by atoms with van der Waals surface area (Å²) in [4.78, 5) is 27.7. The number of hydrogen-bond donors (Lipinski definition) is 2. The van der Waals surface area contributed by atoms with Gasteiger partial charge in [0.1, 0.15) is 6.04 Å². The number of rotatable bonds is 3. The summed E-state index contributed by atoms with van der Waals surface area (Å²) in [5.74, 6) is -1.44. The van der Waals surface area contributed by atoms with Crippen molar-refractivity contribution >= 4 is 22.8 Å². The molecular weight excluding hydrogens is 268 g/mol. The van der Waals surface area contributed by atoms with Crippen molar-refractivity contribution in [2.24, 2.45) is 5.41 Å². The first-order valence-corrected chi connectivity index (χ1v) is 6.67. The van der Waals surface area contributed by atoms with E-state index in [4.69, 9.17) is 0 Å². The number of fused-ring (bicyclic) bond motifs is 1. The van der Waals surface area contributed by atoms with Gasteiger partial charge in [-0.3, -0.25) is 9.78 Å². The lowest BCUT2D eigenvalue weighted by Crippen LogP contribution is -2.49. The predicted octanol–water partition coefficient (Wildman–Crippen LogP) is 2.46. The molecule has 1 aromatic heterocycles. The van der Waals surface area contributed by atoms with Gasteiger partial charge in [-0.1, -0.05) is 26.8 Å². The SMILES string of the molecule is CC(C)(C)C(NC(=O)c1ccc2ncccc2c1)C(=O)O. The van der Waals surface area contributed by atoms with Gasteiger partial charge in [0.2, 0.25) is 0 Å². The van der Waals surface area contributed by atoms with Crippen molar-refractivity contribution in [2.45, 2.75) is 26.8 Å². The van der Waals surface area contributed by atoms with Gasteiger partial charge in [0, 0.05) is 17.1 Å². The molecule has 0 aliphatic heterocycles. The Bertz CT molecular complexity index is 689. The highest BCUT2D eigenvalue weighted by Crippen LogP contribution is 2.20. The van der Waals surface area contributed by atoms with Crippen LogP contribution in [0, 0.1) is 5.41 Å². The maximum atomic E-state index is 12.3. The smallest absolute Gasteiger partial charge is 0.326 e. The van der Waals surface area contributed by atoms with Gasteiger partial charge in [-0.05, 0) is 29.7 Å². The Morgan fingerprint density at radius 2 is 1.95 bits per heavy atom. The van der Waals surface area contributed by atoms with E-state index in [1.165, 1.54) is 0 Å². The molecule has 0 spiro atoms. The fourth-order valence-electron chi connectivity index (χ4n) is 2.08. The average molecular weight is 286 g/mol. The Morgan fingerprint density at radius 1 is 1.24 bits per heavy atom. The number of aliphatic carboxylic acids is 1. The molecular formula is C16H18N2O3. The average Bonchev–Trinajstić information content (AvgIpc) is 2.42. The van der Waals surface area contributed by atoms with Gasteiger partial charge in [-0.2, -0.15) is 0 Å². The van der Waals surface area contributed by atoms with E-state index < -0.39 is 23.3 Å². The third-order valence-electron chi connectivity index (χ3n) is 3.25. The summed E-state index contributed by atoms with van der Waals surface area (Å²) in [6.45, 7) is 5.32. The van der Waals surface area contributed by atoms with Crippen molar-refractivity contribution < 1.29 is 14.7 Å². The van der Waals surface area contributed by atoms with Crippen molar-refractivity contribution in [3.05, 3.63) is 42.1 Å². The fraction of sp³-hybridized carbons (Fsp3) is 0.312. The standard InChI is InChI=1S/C16H18N2O3/c1-16(2,3)13(15(20)21)18-14(19)11-6-7-12-10(9-11)5-4-8-17-12/h4-9,13H,1-3H3,(H,18,19)(H,20,21). The molecule has 2 rings (SSSR count). The van der Waals surface area contributed by atoms with E-state index in [1.54, 1.807) is 51.2 Å². The van der Waals surface area contributed by atoms with Crippen molar-refractivity contribution in [3.8, 4) is 0 Å². The van der Waals surface area contributed by atoms with Gasteiger partial charge in [0.15, 0.2) is 0 Å². The van der Waals surface area contributed by atoms with E-state index in [2.05, 4.69) is 10.3 Å². The Kier molecular flexibility index (Phi) is 3.93. The number of aromatic nitrogens is 1. The zero-order valence-electron chi connectivity index (χ0n) is 12.3.